The number of likely N-dealkylation sites (tertiary alicyclic amines) is 1. The minimum Gasteiger partial charge on any atom is -0.353 e. The third kappa shape index (κ3) is 3.37. The third-order valence-corrected chi connectivity index (χ3v) is 8.82. The molecule has 5 rings (SSSR count). The number of hydrogen-bond donors (Lipinski definition) is 0. The van der Waals surface area contributed by atoms with Crippen LogP contribution in [0, 0.1) is 10.8 Å². The first-order valence-electron chi connectivity index (χ1n) is 11.8. The van der Waals surface area contributed by atoms with Gasteiger partial charge in [0.2, 0.25) is 11.8 Å². The summed E-state index contributed by atoms with van der Waals surface area (Å²) in [6.07, 6.45) is 7.33. The van der Waals surface area contributed by atoms with E-state index in [1.807, 2.05) is 13.8 Å². The van der Waals surface area contributed by atoms with Gasteiger partial charge in [-0.3, -0.25) is 19.4 Å². The number of carbonyl (C=O) groups is 2. The highest BCUT2D eigenvalue weighted by Crippen LogP contribution is 2.54. The van der Waals surface area contributed by atoms with Crippen LogP contribution in [0.25, 0.3) is 10.1 Å². The molecule has 170 valence electrons. The van der Waals surface area contributed by atoms with Crippen LogP contribution in [-0.4, -0.2) is 65.3 Å². The van der Waals surface area contributed by atoms with Crippen LogP contribution in [0.5, 0.6) is 0 Å². The summed E-state index contributed by atoms with van der Waals surface area (Å²) in [5, 5.41) is 1.25. The van der Waals surface area contributed by atoms with Gasteiger partial charge in [-0.25, -0.2) is 0 Å². The lowest BCUT2D eigenvalue weighted by Gasteiger charge is -2.37. The molecule has 1 aromatic heterocycles. The van der Waals surface area contributed by atoms with Crippen LogP contribution in [0.4, 0.5) is 5.82 Å². The first-order chi connectivity index (χ1) is 15.4. The van der Waals surface area contributed by atoms with Gasteiger partial charge in [-0.05, 0) is 69.7 Å². The lowest BCUT2D eigenvalue weighted by molar-refractivity contribution is -0.141. The quantitative estimate of drug-likeness (QED) is 0.378. The first kappa shape index (κ1) is 21.6. The summed E-state index contributed by atoms with van der Waals surface area (Å²) in [7, 11) is 0. The number of piperazine rings is 1. The fraction of sp³-hybridized carbons (Fsp3) is 0.560. The Hall–Kier alpha value is -2.25. The molecule has 3 aliphatic rings. The molecule has 0 bridgehead atoms. The Kier molecular flexibility index (Phi) is 5.58. The van der Waals surface area contributed by atoms with E-state index in [1.54, 1.807) is 16.4 Å². The molecule has 2 fully saturated rings. The van der Waals surface area contributed by atoms with Gasteiger partial charge >= 0.3 is 0 Å². The number of amides is 2. The number of rotatable bonds is 6. The van der Waals surface area contributed by atoms with Crippen molar-refractivity contribution < 1.29 is 9.59 Å². The number of benzene rings is 1. The standard InChI is InChI=1S/C25H32N4O2S/c1-24-11-5-6-12-25(24,2)23(31)29(22(24)30)14-8-7-13-27-15-17-28(18-16-27)21-19-9-3-4-10-20(19)32-26-21/h3-6,9-10H,7-8,11-18H2,1-2H3/t24-,25+. The van der Waals surface area contributed by atoms with Crippen LogP contribution >= 0.6 is 11.5 Å². The number of fused-ring (bicyclic) bond motifs is 2. The molecule has 6 nitrogen and oxygen atoms in total. The Morgan fingerprint density at radius 1 is 0.906 bits per heavy atom. The van der Waals surface area contributed by atoms with E-state index in [2.05, 4.69) is 46.2 Å². The SMILES string of the molecule is C[C@@]12CC=CC[C@]1(C)C(=O)N(CCCCN1CCN(c3nsc4ccccc34)CC1)C2=O. The predicted octanol–water partition coefficient (Wildman–Crippen LogP) is 3.93. The van der Waals surface area contributed by atoms with E-state index in [0.717, 1.165) is 51.4 Å². The average molecular weight is 453 g/mol. The van der Waals surface area contributed by atoms with Crippen molar-refractivity contribution in [1.29, 1.82) is 0 Å². The van der Waals surface area contributed by atoms with Crippen molar-refractivity contribution in [2.45, 2.75) is 39.5 Å². The number of imide groups is 1. The second kappa shape index (κ2) is 8.27. The fourth-order valence-electron chi connectivity index (χ4n) is 5.52. The summed E-state index contributed by atoms with van der Waals surface area (Å²) in [6.45, 7) is 9.53. The number of nitrogens with zero attached hydrogens (tertiary/aromatic N) is 4. The van der Waals surface area contributed by atoms with Gasteiger partial charge in [0.1, 0.15) is 5.82 Å². The van der Waals surface area contributed by atoms with E-state index >= 15 is 0 Å². The van der Waals surface area contributed by atoms with E-state index in [-0.39, 0.29) is 11.8 Å². The molecular weight excluding hydrogens is 420 g/mol. The molecule has 3 heterocycles. The topological polar surface area (TPSA) is 56.8 Å². The van der Waals surface area contributed by atoms with Crippen molar-refractivity contribution in [3.63, 3.8) is 0 Å². The second-order valence-corrected chi connectivity index (χ2v) is 10.6. The van der Waals surface area contributed by atoms with Crippen LogP contribution in [0.2, 0.25) is 0 Å². The maximum Gasteiger partial charge on any atom is 0.236 e. The summed E-state index contributed by atoms with van der Waals surface area (Å²) in [6, 6.07) is 8.44. The highest BCUT2D eigenvalue weighted by Gasteiger charge is 2.63. The fourth-order valence-corrected chi connectivity index (χ4v) is 6.31. The van der Waals surface area contributed by atoms with Gasteiger partial charge < -0.3 is 4.90 Å². The molecule has 1 aromatic carbocycles. The number of anilines is 1. The molecule has 1 aliphatic carbocycles. The van der Waals surface area contributed by atoms with Gasteiger partial charge in [-0.2, -0.15) is 4.37 Å². The van der Waals surface area contributed by atoms with Gasteiger partial charge in [0.25, 0.3) is 0 Å². The molecule has 2 saturated heterocycles. The zero-order chi connectivity index (χ0) is 22.3. The number of allylic oxidation sites excluding steroid dienone is 2. The van der Waals surface area contributed by atoms with Crippen molar-refractivity contribution >= 4 is 39.3 Å². The monoisotopic (exact) mass is 452 g/mol. The zero-order valence-corrected chi connectivity index (χ0v) is 19.9. The molecule has 0 N–H and O–H groups in total. The molecule has 0 spiro atoms. The Bertz CT molecular complexity index is 1030. The maximum absolute atomic E-state index is 13.1. The van der Waals surface area contributed by atoms with E-state index in [4.69, 9.17) is 4.37 Å². The molecule has 7 heteroatoms. The predicted molar refractivity (Wildman–Crippen MR) is 129 cm³/mol. The number of aromatic nitrogens is 1. The molecular formula is C25H32N4O2S. The maximum atomic E-state index is 13.1. The minimum atomic E-state index is -0.574. The summed E-state index contributed by atoms with van der Waals surface area (Å²) < 4.78 is 5.94. The van der Waals surface area contributed by atoms with Gasteiger partial charge in [-0.1, -0.05) is 24.3 Å². The average Bonchev–Trinajstić information content (AvgIpc) is 3.30. The molecule has 0 unspecified atom stereocenters. The number of hydrogen-bond acceptors (Lipinski definition) is 6. The van der Waals surface area contributed by atoms with Crippen LogP contribution < -0.4 is 4.90 Å². The Balaban J connectivity index is 1.10. The molecule has 2 aromatic rings. The summed E-state index contributed by atoms with van der Waals surface area (Å²) in [5.41, 5.74) is -1.15. The van der Waals surface area contributed by atoms with Crippen molar-refractivity contribution in [3.8, 4) is 0 Å². The lowest BCUT2D eigenvalue weighted by Crippen LogP contribution is -2.46. The highest BCUT2D eigenvalue weighted by molar-refractivity contribution is 7.13. The highest BCUT2D eigenvalue weighted by atomic mass is 32.1. The largest absolute Gasteiger partial charge is 0.353 e. The molecule has 2 amide bonds. The van der Waals surface area contributed by atoms with Crippen LogP contribution in [0.15, 0.2) is 36.4 Å². The van der Waals surface area contributed by atoms with Gasteiger partial charge in [0.15, 0.2) is 0 Å². The van der Waals surface area contributed by atoms with E-state index < -0.39 is 10.8 Å². The number of unbranched alkanes of at least 4 members (excludes halogenated alkanes) is 1. The van der Waals surface area contributed by atoms with Gasteiger partial charge in [0.05, 0.1) is 15.5 Å². The molecule has 0 saturated carbocycles. The van der Waals surface area contributed by atoms with Gasteiger partial charge in [-0.15, -0.1) is 0 Å². The normalized spacial score (nSPS) is 28.7. The Morgan fingerprint density at radius 3 is 2.22 bits per heavy atom. The molecule has 32 heavy (non-hydrogen) atoms. The van der Waals surface area contributed by atoms with Gasteiger partial charge in [0, 0.05) is 38.1 Å². The summed E-state index contributed by atoms with van der Waals surface area (Å²) in [4.78, 5) is 32.6. The van der Waals surface area contributed by atoms with Crippen LogP contribution in [0.3, 0.4) is 0 Å². The van der Waals surface area contributed by atoms with Crippen molar-refractivity contribution in [3.05, 3.63) is 36.4 Å². The van der Waals surface area contributed by atoms with Crippen molar-refractivity contribution in [1.82, 2.24) is 14.2 Å². The Labute approximate surface area is 194 Å². The van der Waals surface area contributed by atoms with E-state index in [1.165, 1.54) is 10.1 Å². The van der Waals surface area contributed by atoms with E-state index in [0.29, 0.717) is 19.4 Å². The lowest BCUT2D eigenvalue weighted by atomic mass is 9.61. The van der Waals surface area contributed by atoms with Crippen molar-refractivity contribution in [2.24, 2.45) is 10.8 Å². The first-order valence-corrected chi connectivity index (χ1v) is 12.5. The summed E-state index contributed by atoms with van der Waals surface area (Å²) >= 11 is 1.58. The third-order valence-electron chi connectivity index (χ3n) is 8.01. The summed E-state index contributed by atoms with van der Waals surface area (Å²) in [5.74, 6) is 1.17. The Morgan fingerprint density at radius 2 is 1.53 bits per heavy atom. The van der Waals surface area contributed by atoms with E-state index in [9.17, 15) is 9.59 Å². The van der Waals surface area contributed by atoms with Crippen LogP contribution in [-0.2, 0) is 9.59 Å². The molecule has 0 radical (unpaired) electrons. The molecule has 2 aliphatic heterocycles. The van der Waals surface area contributed by atoms with Crippen molar-refractivity contribution in [2.75, 3.05) is 44.2 Å². The number of carbonyl (C=O) groups excluding carboxylic acids is 2. The minimum absolute atomic E-state index is 0.0263. The second-order valence-electron chi connectivity index (χ2n) is 9.84. The smallest absolute Gasteiger partial charge is 0.236 e. The zero-order valence-electron chi connectivity index (χ0n) is 19.0. The van der Waals surface area contributed by atoms with Crippen LogP contribution in [0.1, 0.15) is 39.5 Å². The molecule has 2 atom stereocenters.